The second-order valence-electron chi connectivity index (χ2n) is 3.54. The lowest BCUT2D eigenvalue weighted by molar-refractivity contribution is 0.0675. The van der Waals surface area contributed by atoms with Crippen molar-refractivity contribution in [2.45, 2.75) is 18.9 Å². The quantitative estimate of drug-likeness (QED) is 0.567. The van der Waals surface area contributed by atoms with Crippen LogP contribution >= 0.6 is 0 Å². The average molecular weight is 188 g/mol. The van der Waals surface area contributed by atoms with Crippen molar-refractivity contribution in [1.29, 1.82) is 0 Å². The van der Waals surface area contributed by atoms with Gasteiger partial charge in [0.05, 0.1) is 19.8 Å². The van der Waals surface area contributed by atoms with Crippen LogP contribution in [0.4, 0.5) is 0 Å². The molecular formula is C9H20N2O2. The molecule has 1 atom stereocenters. The Kier molecular flexibility index (Phi) is 5.31. The summed E-state index contributed by atoms with van der Waals surface area (Å²) in [6.45, 7) is 4.32. The van der Waals surface area contributed by atoms with Crippen LogP contribution in [0, 0.1) is 0 Å². The van der Waals surface area contributed by atoms with Crippen molar-refractivity contribution >= 4 is 0 Å². The molecule has 1 aliphatic rings. The number of nitrogens with zero attached hydrogens (tertiary/aromatic N) is 1. The minimum Gasteiger partial charge on any atom is -0.394 e. The predicted octanol–water partition coefficient (Wildman–Crippen LogP) is -0.582. The molecule has 0 amide bonds. The molecular weight excluding hydrogens is 168 g/mol. The molecule has 0 aliphatic carbocycles. The van der Waals surface area contributed by atoms with Gasteiger partial charge in [-0.3, -0.25) is 4.90 Å². The normalized spacial score (nSPS) is 24.9. The van der Waals surface area contributed by atoms with Gasteiger partial charge >= 0.3 is 0 Å². The lowest BCUT2D eigenvalue weighted by atomic mass is 10.1. The van der Waals surface area contributed by atoms with Gasteiger partial charge < -0.3 is 15.6 Å². The molecule has 1 fully saturated rings. The highest BCUT2D eigenvalue weighted by Gasteiger charge is 2.15. The molecule has 1 heterocycles. The number of ether oxygens (including phenoxy) is 1. The maximum atomic E-state index is 8.49. The van der Waals surface area contributed by atoms with Crippen LogP contribution in [0.2, 0.25) is 0 Å². The van der Waals surface area contributed by atoms with E-state index in [1.807, 2.05) is 0 Å². The molecule has 0 saturated carbocycles. The third-order valence-electron chi connectivity index (χ3n) is 2.33. The molecule has 1 rings (SSSR count). The Balaban J connectivity index is 2.00. The fourth-order valence-corrected chi connectivity index (χ4v) is 1.65. The highest BCUT2D eigenvalue weighted by Crippen LogP contribution is 2.07. The zero-order chi connectivity index (χ0) is 9.52. The molecule has 1 unspecified atom stereocenters. The SMILES string of the molecule is NC1CCCN(CCOCCO)C1. The number of aliphatic hydroxyl groups excluding tert-OH is 1. The Morgan fingerprint density at radius 2 is 2.31 bits per heavy atom. The van der Waals surface area contributed by atoms with Crippen molar-refractivity contribution in [3.8, 4) is 0 Å². The minimum atomic E-state index is 0.111. The zero-order valence-electron chi connectivity index (χ0n) is 8.11. The van der Waals surface area contributed by atoms with Crippen molar-refractivity contribution in [1.82, 2.24) is 4.90 Å². The standard InChI is InChI=1S/C9H20N2O2/c10-9-2-1-3-11(8-9)4-6-13-7-5-12/h9,12H,1-8,10H2. The van der Waals surface area contributed by atoms with E-state index in [9.17, 15) is 0 Å². The van der Waals surface area contributed by atoms with Gasteiger partial charge in [0, 0.05) is 19.1 Å². The molecule has 0 aromatic rings. The van der Waals surface area contributed by atoms with Crippen LogP contribution in [-0.4, -0.2) is 55.5 Å². The number of piperidine rings is 1. The molecule has 78 valence electrons. The van der Waals surface area contributed by atoms with Crippen LogP contribution < -0.4 is 5.73 Å². The number of nitrogens with two attached hydrogens (primary N) is 1. The van der Waals surface area contributed by atoms with E-state index in [4.69, 9.17) is 15.6 Å². The fraction of sp³-hybridized carbons (Fsp3) is 1.00. The topological polar surface area (TPSA) is 58.7 Å². The number of rotatable bonds is 5. The van der Waals surface area contributed by atoms with Gasteiger partial charge in [0.1, 0.15) is 0 Å². The highest BCUT2D eigenvalue weighted by atomic mass is 16.5. The minimum absolute atomic E-state index is 0.111. The molecule has 1 saturated heterocycles. The largest absolute Gasteiger partial charge is 0.394 e. The summed E-state index contributed by atoms with van der Waals surface area (Å²) in [6, 6.07) is 0.339. The molecule has 13 heavy (non-hydrogen) atoms. The summed E-state index contributed by atoms with van der Waals surface area (Å²) in [5.41, 5.74) is 5.83. The monoisotopic (exact) mass is 188 g/mol. The van der Waals surface area contributed by atoms with E-state index in [1.54, 1.807) is 0 Å². The molecule has 0 aromatic heterocycles. The summed E-state index contributed by atoms with van der Waals surface area (Å²) in [6.07, 6.45) is 2.34. The Morgan fingerprint density at radius 1 is 1.46 bits per heavy atom. The predicted molar refractivity (Wildman–Crippen MR) is 51.6 cm³/mol. The number of aliphatic hydroxyl groups is 1. The van der Waals surface area contributed by atoms with E-state index < -0.39 is 0 Å². The Morgan fingerprint density at radius 3 is 3.00 bits per heavy atom. The fourth-order valence-electron chi connectivity index (χ4n) is 1.65. The average Bonchev–Trinajstić information content (AvgIpc) is 2.13. The van der Waals surface area contributed by atoms with Gasteiger partial charge in [0.15, 0.2) is 0 Å². The van der Waals surface area contributed by atoms with E-state index >= 15 is 0 Å². The maximum Gasteiger partial charge on any atom is 0.0698 e. The van der Waals surface area contributed by atoms with Crippen molar-refractivity contribution < 1.29 is 9.84 Å². The summed E-state index contributed by atoms with van der Waals surface area (Å²) in [5, 5.41) is 8.49. The van der Waals surface area contributed by atoms with E-state index in [1.165, 1.54) is 6.42 Å². The lowest BCUT2D eigenvalue weighted by Crippen LogP contribution is -2.44. The van der Waals surface area contributed by atoms with Crippen molar-refractivity contribution in [2.24, 2.45) is 5.73 Å². The van der Waals surface area contributed by atoms with Gasteiger partial charge in [-0.2, -0.15) is 0 Å². The third-order valence-corrected chi connectivity index (χ3v) is 2.33. The van der Waals surface area contributed by atoms with Crippen molar-refractivity contribution in [3.63, 3.8) is 0 Å². The molecule has 0 aromatic carbocycles. The second-order valence-corrected chi connectivity index (χ2v) is 3.54. The van der Waals surface area contributed by atoms with Crippen LogP contribution in [0.1, 0.15) is 12.8 Å². The molecule has 0 radical (unpaired) electrons. The Hall–Kier alpha value is -0.160. The van der Waals surface area contributed by atoms with Crippen LogP contribution in [-0.2, 0) is 4.74 Å². The van der Waals surface area contributed by atoms with Gasteiger partial charge in [0.25, 0.3) is 0 Å². The first kappa shape index (κ1) is 10.9. The number of hydrogen-bond donors (Lipinski definition) is 2. The molecule has 4 heteroatoms. The van der Waals surface area contributed by atoms with Crippen molar-refractivity contribution in [3.05, 3.63) is 0 Å². The van der Waals surface area contributed by atoms with Crippen LogP contribution in [0.3, 0.4) is 0 Å². The van der Waals surface area contributed by atoms with Crippen LogP contribution in [0.5, 0.6) is 0 Å². The molecule has 1 aliphatic heterocycles. The van der Waals surface area contributed by atoms with Gasteiger partial charge in [-0.05, 0) is 19.4 Å². The van der Waals surface area contributed by atoms with Gasteiger partial charge in [-0.25, -0.2) is 0 Å². The molecule has 4 nitrogen and oxygen atoms in total. The highest BCUT2D eigenvalue weighted by molar-refractivity contribution is 4.74. The Labute approximate surface area is 79.7 Å². The summed E-state index contributed by atoms with van der Waals surface area (Å²) in [7, 11) is 0. The summed E-state index contributed by atoms with van der Waals surface area (Å²) >= 11 is 0. The number of hydrogen-bond acceptors (Lipinski definition) is 4. The van der Waals surface area contributed by atoms with Gasteiger partial charge in [0.2, 0.25) is 0 Å². The van der Waals surface area contributed by atoms with E-state index in [2.05, 4.69) is 4.90 Å². The molecule has 0 bridgehead atoms. The molecule has 0 spiro atoms. The zero-order valence-corrected chi connectivity index (χ0v) is 8.11. The number of likely N-dealkylation sites (tertiary alicyclic amines) is 1. The van der Waals surface area contributed by atoms with Crippen molar-refractivity contribution in [2.75, 3.05) is 39.5 Å². The van der Waals surface area contributed by atoms with Crippen LogP contribution in [0.25, 0.3) is 0 Å². The summed E-state index contributed by atoms with van der Waals surface area (Å²) in [4.78, 5) is 2.32. The van der Waals surface area contributed by atoms with E-state index in [0.29, 0.717) is 19.3 Å². The maximum absolute atomic E-state index is 8.49. The van der Waals surface area contributed by atoms with Gasteiger partial charge in [-0.15, -0.1) is 0 Å². The van der Waals surface area contributed by atoms with Gasteiger partial charge in [-0.1, -0.05) is 0 Å². The lowest BCUT2D eigenvalue weighted by Gasteiger charge is -2.30. The summed E-state index contributed by atoms with van der Waals surface area (Å²) in [5.74, 6) is 0. The third kappa shape index (κ3) is 4.57. The first-order valence-electron chi connectivity index (χ1n) is 4.99. The van der Waals surface area contributed by atoms with E-state index in [-0.39, 0.29) is 6.61 Å². The molecule has 3 N–H and O–H groups in total. The smallest absolute Gasteiger partial charge is 0.0698 e. The summed E-state index contributed by atoms with van der Waals surface area (Å²) < 4.78 is 5.19. The van der Waals surface area contributed by atoms with Crippen LogP contribution in [0.15, 0.2) is 0 Å². The van der Waals surface area contributed by atoms with E-state index in [0.717, 1.165) is 26.1 Å². The second kappa shape index (κ2) is 6.32. The first-order chi connectivity index (χ1) is 6.33. The Bertz CT molecular complexity index is 133. The first-order valence-corrected chi connectivity index (χ1v) is 4.99.